The number of alkyl halides is 6. The number of rotatable bonds is 8. The Balaban J connectivity index is 1.95. The Hall–Kier alpha value is -3.36. The summed E-state index contributed by atoms with van der Waals surface area (Å²) in [5.41, 5.74) is -2.02. The molecule has 0 spiro atoms. The van der Waals surface area contributed by atoms with Crippen LogP contribution in [0.3, 0.4) is 0 Å². The summed E-state index contributed by atoms with van der Waals surface area (Å²) < 4.78 is 79.4. The molecule has 8 nitrogen and oxygen atoms in total. The first-order valence-corrected chi connectivity index (χ1v) is 11.2. The molecule has 2 unspecified atom stereocenters. The van der Waals surface area contributed by atoms with Crippen molar-refractivity contribution in [1.29, 1.82) is 0 Å². The van der Waals surface area contributed by atoms with Crippen LogP contribution in [0.15, 0.2) is 53.3 Å². The van der Waals surface area contributed by atoms with E-state index in [0.717, 1.165) is 23.1 Å². The number of halogens is 7. The second-order valence-corrected chi connectivity index (χ2v) is 8.70. The van der Waals surface area contributed by atoms with Crippen LogP contribution in [0.5, 0.6) is 0 Å². The summed E-state index contributed by atoms with van der Waals surface area (Å²) in [5, 5.41) is 23.6. The van der Waals surface area contributed by atoms with Gasteiger partial charge >= 0.3 is 18.0 Å². The Morgan fingerprint density at radius 3 is 2.29 bits per heavy atom. The first-order chi connectivity index (χ1) is 17.6. The van der Waals surface area contributed by atoms with Crippen molar-refractivity contribution in [1.82, 2.24) is 19.2 Å². The fourth-order valence-corrected chi connectivity index (χ4v) is 3.71. The van der Waals surface area contributed by atoms with Crippen molar-refractivity contribution in [3.63, 3.8) is 0 Å². The van der Waals surface area contributed by atoms with Gasteiger partial charge in [-0.25, -0.2) is 9.48 Å². The van der Waals surface area contributed by atoms with E-state index >= 15 is 0 Å². The van der Waals surface area contributed by atoms with Gasteiger partial charge in [-0.2, -0.15) is 26.3 Å². The van der Waals surface area contributed by atoms with Crippen LogP contribution < -0.4 is 5.69 Å². The highest BCUT2D eigenvalue weighted by atomic mass is 35.5. The highest BCUT2D eigenvalue weighted by Crippen LogP contribution is 2.32. The molecule has 15 heteroatoms. The first kappa shape index (κ1) is 29.2. The zero-order valence-corrected chi connectivity index (χ0v) is 20.3. The van der Waals surface area contributed by atoms with Crippen molar-refractivity contribution in [3.05, 3.63) is 75.2 Å². The van der Waals surface area contributed by atoms with Gasteiger partial charge in [-0.3, -0.25) is 9.36 Å². The van der Waals surface area contributed by atoms with Crippen molar-refractivity contribution < 1.29 is 41.4 Å². The molecule has 2 atom stereocenters. The summed E-state index contributed by atoms with van der Waals surface area (Å²) in [5.74, 6) is -1.17. The standard InChI is InChI=1S/C23H21ClF6N4O4/c1-32(17(12-35)14-3-2-4-15(9-14)22(25,26)27)19(37)11-34-21(38)33(10-18(36)23(28,29)30)20(31-34)13-5-7-16(24)8-6-13/h2-9,17-18,35-36H,10-12H2,1H3. The third-order valence-corrected chi connectivity index (χ3v) is 5.93. The molecule has 206 valence electrons. The normalized spacial score (nSPS) is 13.8. The molecule has 1 aromatic heterocycles. The monoisotopic (exact) mass is 566 g/mol. The maximum absolute atomic E-state index is 13.1. The van der Waals surface area contributed by atoms with Gasteiger partial charge in [0.05, 0.1) is 24.8 Å². The maximum atomic E-state index is 13.1. The van der Waals surface area contributed by atoms with E-state index < -0.39 is 61.4 Å². The summed E-state index contributed by atoms with van der Waals surface area (Å²) >= 11 is 5.84. The summed E-state index contributed by atoms with van der Waals surface area (Å²) in [6, 6.07) is 8.26. The molecule has 3 rings (SSSR count). The molecular weight excluding hydrogens is 546 g/mol. The third kappa shape index (κ3) is 6.55. The van der Waals surface area contributed by atoms with Crippen molar-refractivity contribution in [2.45, 2.75) is 37.6 Å². The van der Waals surface area contributed by atoms with E-state index in [9.17, 15) is 46.1 Å². The molecule has 0 saturated carbocycles. The van der Waals surface area contributed by atoms with Gasteiger partial charge in [-0.05, 0) is 42.0 Å². The van der Waals surface area contributed by atoms with Crippen LogP contribution in [-0.4, -0.2) is 61.3 Å². The fourth-order valence-electron chi connectivity index (χ4n) is 3.58. The van der Waals surface area contributed by atoms with E-state index in [1.807, 2.05) is 0 Å². The quantitative estimate of drug-likeness (QED) is 0.407. The Bertz CT molecular complexity index is 1340. The lowest BCUT2D eigenvalue weighted by molar-refractivity contribution is -0.207. The Labute approximate surface area is 216 Å². The van der Waals surface area contributed by atoms with Gasteiger partial charge in [0.15, 0.2) is 11.9 Å². The molecule has 0 bridgehead atoms. The zero-order chi connectivity index (χ0) is 28.4. The molecule has 0 fully saturated rings. The number of aromatic nitrogens is 3. The van der Waals surface area contributed by atoms with Crippen molar-refractivity contribution in [3.8, 4) is 11.4 Å². The predicted molar refractivity (Wildman–Crippen MR) is 123 cm³/mol. The molecule has 2 N–H and O–H groups in total. The van der Waals surface area contributed by atoms with E-state index in [-0.39, 0.29) is 17.0 Å². The summed E-state index contributed by atoms with van der Waals surface area (Å²) in [6.07, 6.45) is -12.6. The molecule has 2 aromatic carbocycles. The van der Waals surface area contributed by atoms with Gasteiger partial charge < -0.3 is 15.1 Å². The number of aliphatic hydroxyl groups excluding tert-OH is 2. The maximum Gasteiger partial charge on any atom is 0.416 e. The summed E-state index contributed by atoms with van der Waals surface area (Å²) in [7, 11) is 1.18. The van der Waals surface area contributed by atoms with E-state index in [1.165, 1.54) is 37.4 Å². The Kier molecular flexibility index (Phi) is 8.58. The molecule has 0 aliphatic carbocycles. The molecule has 1 heterocycles. The lowest BCUT2D eigenvalue weighted by Crippen LogP contribution is -2.40. The van der Waals surface area contributed by atoms with Gasteiger partial charge in [-0.1, -0.05) is 23.7 Å². The van der Waals surface area contributed by atoms with Crippen LogP contribution in [0, 0.1) is 0 Å². The smallest absolute Gasteiger partial charge is 0.394 e. The predicted octanol–water partition coefficient (Wildman–Crippen LogP) is 3.50. The number of hydrogen-bond acceptors (Lipinski definition) is 5. The molecule has 1 amide bonds. The zero-order valence-electron chi connectivity index (χ0n) is 19.5. The van der Waals surface area contributed by atoms with Gasteiger partial charge in [0, 0.05) is 17.6 Å². The molecular formula is C23H21ClF6N4O4. The Morgan fingerprint density at radius 1 is 1.11 bits per heavy atom. The number of benzene rings is 2. The van der Waals surface area contributed by atoms with E-state index in [1.54, 1.807) is 0 Å². The minimum Gasteiger partial charge on any atom is -0.394 e. The van der Waals surface area contributed by atoms with Crippen LogP contribution in [0.25, 0.3) is 11.4 Å². The minimum absolute atomic E-state index is 0.0359. The van der Waals surface area contributed by atoms with Gasteiger partial charge in [-0.15, -0.1) is 5.10 Å². The number of amides is 1. The topological polar surface area (TPSA) is 101 Å². The molecule has 0 aliphatic rings. The molecule has 0 saturated heterocycles. The summed E-state index contributed by atoms with van der Waals surface area (Å²) in [6.45, 7) is -2.80. The number of hydrogen-bond donors (Lipinski definition) is 2. The molecule has 3 aromatic rings. The van der Waals surface area contributed by atoms with E-state index in [4.69, 9.17) is 11.6 Å². The number of likely N-dealkylation sites (N-methyl/N-ethyl adjacent to an activating group) is 1. The van der Waals surface area contributed by atoms with Crippen LogP contribution >= 0.6 is 11.6 Å². The SMILES string of the molecule is CN(C(=O)Cn1nc(-c2ccc(Cl)cc2)n(CC(O)C(F)(F)F)c1=O)C(CO)c1cccc(C(F)(F)F)c1. The van der Waals surface area contributed by atoms with Crippen molar-refractivity contribution in [2.24, 2.45) is 0 Å². The van der Waals surface area contributed by atoms with Gasteiger partial charge in [0.25, 0.3) is 0 Å². The molecule has 0 aliphatic heterocycles. The second kappa shape index (κ2) is 11.2. The number of nitrogens with zero attached hydrogens (tertiary/aromatic N) is 4. The highest BCUT2D eigenvalue weighted by molar-refractivity contribution is 6.30. The average molecular weight is 567 g/mol. The third-order valence-electron chi connectivity index (χ3n) is 5.68. The molecule has 38 heavy (non-hydrogen) atoms. The number of carbonyl (C=O) groups excluding carboxylic acids is 1. The van der Waals surface area contributed by atoms with Crippen LogP contribution in [0.1, 0.15) is 17.2 Å². The first-order valence-electron chi connectivity index (χ1n) is 10.9. The summed E-state index contributed by atoms with van der Waals surface area (Å²) in [4.78, 5) is 26.8. The van der Waals surface area contributed by atoms with Crippen molar-refractivity contribution in [2.75, 3.05) is 13.7 Å². The van der Waals surface area contributed by atoms with Gasteiger partial charge in [0.1, 0.15) is 6.54 Å². The van der Waals surface area contributed by atoms with Crippen LogP contribution in [0.4, 0.5) is 26.3 Å². The molecule has 0 radical (unpaired) electrons. The number of aliphatic hydroxyl groups is 2. The second-order valence-electron chi connectivity index (χ2n) is 8.26. The highest BCUT2D eigenvalue weighted by Gasteiger charge is 2.39. The Morgan fingerprint density at radius 2 is 1.74 bits per heavy atom. The number of carbonyl (C=O) groups is 1. The van der Waals surface area contributed by atoms with Crippen LogP contribution in [0.2, 0.25) is 5.02 Å². The minimum atomic E-state index is -5.05. The van der Waals surface area contributed by atoms with Crippen molar-refractivity contribution >= 4 is 17.5 Å². The lowest BCUT2D eigenvalue weighted by atomic mass is 10.0. The van der Waals surface area contributed by atoms with Gasteiger partial charge in [0.2, 0.25) is 5.91 Å². The van der Waals surface area contributed by atoms with E-state index in [2.05, 4.69) is 5.10 Å². The fraction of sp³-hybridized carbons (Fsp3) is 0.348. The van der Waals surface area contributed by atoms with E-state index in [0.29, 0.717) is 14.3 Å². The average Bonchev–Trinajstić information content (AvgIpc) is 3.14. The largest absolute Gasteiger partial charge is 0.416 e. The lowest BCUT2D eigenvalue weighted by Gasteiger charge is -2.27. The van der Waals surface area contributed by atoms with Crippen LogP contribution in [-0.2, 0) is 24.1 Å².